The van der Waals surface area contributed by atoms with Crippen molar-refractivity contribution >= 4 is 0 Å². The Morgan fingerprint density at radius 3 is 2.59 bits per heavy atom. The van der Waals surface area contributed by atoms with E-state index >= 15 is 0 Å². The molecule has 3 nitrogen and oxygen atoms in total. The normalized spacial score (nSPS) is 13.5. The Labute approximate surface area is 102 Å². The third kappa shape index (κ3) is 3.17. The highest BCUT2D eigenvalue weighted by Gasteiger charge is 2.30. The molecule has 0 amide bonds. The Balaban J connectivity index is 3.09. The van der Waals surface area contributed by atoms with Crippen molar-refractivity contribution in [2.24, 2.45) is 5.73 Å². The largest absolute Gasteiger partial charge is 0.496 e. The summed E-state index contributed by atoms with van der Waals surface area (Å²) in [5.74, 6) is 0.246. The van der Waals surface area contributed by atoms with Crippen LogP contribution in [0, 0.1) is 5.82 Å². The lowest BCUT2D eigenvalue weighted by Crippen LogP contribution is -2.38. The summed E-state index contributed by atoms with van der Waals surface area (Å²) in [4.78, 5) is 0. The van der Waals surface area contributed by atoms with E-state index in [2.05, 4.69) is 0 Å². The van der Waals surface area contributed by atoms with Crippen LogP contribution >= 0.6 is 0 Å². The highest BCUT2D eigenvalue weighted by molar-refractivity contribution is 5.37. The van der Waals surface area contributed by atoms with Gasteiger partial charge in [-0.3, -0.25) is 0 Å². The van der Waals surface area contributed by atoms with Crippen molar-refractivity contribution in [3.8, 4) is 5.75 Å². The minimum absolute atomic E-state index is 0.330. The third-order valence-corrected chi connectivity index (χ3v) is 2.79. The topological polar surface area (TPSA) is 44.5 Å². The van der Waals surface area contributed by atoms with Gasteiger partial charge in [-0.2, -0.15) is 0 Å². The number of methoxy groups -OCH3 is 1. The second kappa shape index (κ2) is 5.47. The molecule has 1 atom stereocenters. The average molecular weight is 241 g/mol. The molecule has 2 N–H and O–H groups in total. The van der Waals surface area contributed by atoms with E-state index in [0.29, 0.717) is 17.9 Å². The van der Waals surface area contributed by atoms with Gasteiger partial charge in [0.15, 0.2) is 0 Å². The van der Waals surface area contributed by atoms with E-state index in [9.17, 15) is 4.39 Å². The maximum atomic E-state index is 13.3. The van der Waals surface area contributed by atoms with Crippen LogP contribution < -0.4 is 10.5 Å². The molecule has 17 heavy (non-hydrogen) atoms. The van der Waals surface area contributed by atoms with Gasteiger partial charge in [-0.05, 0) is 39.0 Å². The zero-order valence-electron chi connectivity index (χ0n) is 10.8. The Morgan fingerprint density at radius 1 is 1.41 bits per heavy atom. The lowest BCUT2D eigenvalue weighted by Gasteiger charge is -2.32. The number of nitrogens with two attached hydrogens (primary N) is 1. The number of halogens is 1. The van der Waals surface area contributed by atoms with E-state index in [1.807, 2.05) is 20.8 Å². The highest BCUT2D eigenvalue weighted by atomic mass is 19.1. The van der Waals surface area contributed by atoms with Crippen LogP contribution in [-0.4, -0.2) is 19.3 Å². The molecule has 0 radical (unpaired) electrons. The number of hydrogen-bond donors (Lipinski definition) is 1. The molecule has 0 fully saturated rings. The van der Waals surface area contributed by atoms with E-state index in [1.54, 1.807) is 6.07 Å². The molecule has 96 valence electrons. The van der Waals surface area contributed by atoms with Crippen LogP contribution in [0.2, 0.25) is 0 Å². The first-order valence-corrected chi connectivity index (χ1v) is 5.65. The van der Waals surface area contributed by atoms with Gasteiger partial charge in [-0.15, -0.1) is 0 Å². The number of benzene rings is 1. The molecular weight excluding hydrogens is 221 g/mol. The van der Waals surface area contributed by atoms with Crippen LogP contribution in [0.4, 0.5) is 4.39 Å². The summed E-state index contributed by atoms with van der Waals surface area (Å²) in [6, 6.07) is 3.87. The zero-order valence-corrected chi connectivity index (χ0v) is 10.8. The van der Waals surface area contributed by atoms with Crippen molar-refractivity contribution in [2.75, 3.05) is 13.7 Å². The van der Waals surface area contributed by atoms with Gasteiger partial charge < -0.3 is 15.2 Å². The van der Waals surface area contributed by atoms with Gasteiger partial charge in [-0.25, -0.2) is 4.39 Å². The van der Waals surface area contributed by atoms with Gasteiger partial charge in [-0.1, -0.05) is 0 Å². The molecule has 0 aliphatic heterocycles. The Kier molecular flexibility index (Phi) is 4.48. The fraction of sp³-hybridized carbons (Fsp3) is 0.538. The van der Waals surface area contributed by atoms with E-state index in [0.717, 1.165) is 0 Å². The Hall–Kier alpha value is -1.13. The van der Waals surface area contributed by atoms with Gasteiger partial charge >= 0.3 is 0 Å². The van der Waals surface area contributed by atoms with Gasteiger partial charge in [0.2, 0.25) is 0 Å². The third-order valence-electron chi connectivity index (χ3n) is 2.79. The molecule has 0 aliphatic rings. The molecule has 1 rings (SSSR count). The van der Waals surface area contributed by atoms with Crippen molar-refractivity contribution in [2.45, 2.75) is 32.4 Å². The Bertz CT molecular complexity index is 380. The van der Waals surface area contributed by atoms with Crippen molar-refractivity contribution in [1.29, 1.82) is 0 Å². The molecule has 0 saturated heterocycles. The summed E-state index contributed by atoms with van der Waals surface area (Å²) in [5.41, 5.74) is 6.18. The van der Waals surface area contributed by atoms with Crippen LogP contribution in [0.15, 0.2) is 18.2 Å². The van der Waals surface area contributed by atoms with E-state index < -0.39 is 11.6 Å². The molecule has 0 spiro atoms. The molecule has 0 saturated carbocycles. The second-order valence-electron chi connectivity index (χ2n) is 4.40. The van der Waals surface area contributed by atoms with Crippen molar-refractivity contribution in [3.63, 3.8) is 0 Å². The van der Waals surface area contributed by atoms with Crippen LogP contribution in [-0.2, 0) is 4.74 Å². The minimum atomic E-state index is -0.574. The Morgan fingerprint density at radius 2 is 2.06 bits per heavy atom. The standard InChI is InChI=1S/C13H20FNO2/c1-5-17-13(2,3)12(15)10-8-9(14)6-7-11(10)16-4/h6-8,12H,5,15H2,1-4H3. The first-order chi connectivity index (χ1) is 7.92. The fourth-order valence-electron chi connectivity index (χ4n) is 1.78. The molecule has 0 bridgehead atoms. The van der Waals surface area contributed by atoms with Crippen molar-refractivity contribution in [3.05, 3.63) is 29.6 Å². The molecule has 4 heteroatoms. The number of hydrogen-bond acceptors (Lipinski definition) is 3. The monoisotopic (exact) mass is 241 g/mol. The molecule has 1 unspecified atom stereocenters. The van der Waals surface area contributed by atoms with Gasteiger partial charge in [0, 0.05) is 12.2 Å². The minimum Gasteiger partial charge on any atom is -0.496 e. The van der Waals surface area contributed by atoms with Gasteiger partial charge in [0.25, 0.3) is 0 Å². The van der Waals surface area contributed by atoms with Crippen LogP contribution in [0.25, 0.3) is 0 Å². The molecule has 1 aromatic carbocycles. The smallest absolute Gasteiger partial charge is 0.123 e. The van der Waals surface area contributed by atoms with Crippen molar-refractivity contribution < 1.29 is 13.9 Å². The highest BCUT2D eigenvalue weighted by Crippen LogP contribution is 2.33. The first kappa shape index (κ1) is 13.9. The molecule has 0 aromatic heterocycles. The quantitative estimate of drug-likeness (QED) is 0.862. The van der Waals surface area contributed by atoms with Crippen LogP contribution in [0.5, 0.6) is 5.75 Å². The fourth-order valence-corrected chi connectivity index (χ4v) is 1.78. The SMILES string of the molecule is CCOC(C)(C)C(N)c1cc(F)ccc1OC. The van der Waals surface area contributed by atoms with E-state index in [-0.39, 0.29) is 5.82 Å². The zero-order chi connectivity index (χ0) is 13.1. The van der Waals surface area contributed by atoms with E-state index in [4.69, 9.17) is 15.2 Å². The molecule has 0 aliphatic carbocycles. The lowest BCUT2D eigenvalue weighted by atomic mass is 9.91. The predicted octanol–water partition coefficient (Wildman–Crippen LogP) is 2.65. The number of rotatable bonds is 5. The van der Waals surface area contributed by atoms with Crippen LogP contribution in [0.1, 0.15) is 32.4 Å². The second-order valence-corrected chi connectivity index (χ2v) is 4.40. The first-order valence-electron chi connectivity index (χ1n) is 5.65. The van der Waals surface area contributed by atoms with Crippen LogP contribution in [0.3, 0.4) is 0 Å². The maximum Gasteiger partial charge on any atom is 0.123 e. The summed E-state index contributed by atoms with van der Waals surface area (Å²) in [5, 5.41) is 0. The summed E-state index contributed by atoms with van der Waals surface area (Å²) < 4.78 is 24.0. The summed E-state index contributed by atoms with van der Waals surface area (Å²) in [7, 11) is 1.54. The maximum absolute atomic E-state index is 13.3. The summed E-state index contributed by atoms with van der Waals surface area (Å²) in [6.07, 6.45) is 0. The predicted molar refractivity (Wildman–Crippen MR) is 65.6 cm³/mol. The average Bonchev–Trinajstić information content (AvgIpc) is 2.28. The molecular formula is C13H20FNO2. The van der Waals surface area contributed by atoms with Crippen molar-refractivity contribution in [1.82, 2.24) is 0 Å². The number of ether oxygens (including phenoxy) is 2. The molecule has 0 heterocycles. The molecule has 1 aromatic rings. The van der Waals surface area contributed by atoms with Gasteiger partial charge in [0.05, 0.1) is 18.8 Å². The lowest BCUT2D eigenvalue weighted by molar-refractivity contribution is -0.0302. The summed E-state index contributed by atoms with van der Waals surface area (Å²) >= 11 is 0. The summed E-state index contributed by atoms with van der Waals surface area (Å²) in [6.45, 7) is 6.21. The van der Waals surface area contributed by atoms with E-state index in [1.165, 1.54) is 19.2 Å². The van der Waals surface area contributed by atoms with Gasteiger partial charge in [0.1, 0.15) is 11.6 Å².